The number of anilines is 3. The van der Waals surface area contributed by atoms with Gasteiger partial charge in [-0.1, -0.05) is 19.0 Å². The van der Waals surface area contributed by atoms with E-state index in [1.165, 1.54) is 24.7 Å². The van der Waals surface area contributed by atoms with Gasteiger partial charge in [-0.3, -0.25) is 0 Å². The van der Waals surface area contributed by atoms with E-state index < -0.39 is 17.6 Å². The summed E-state index contributed by atoms with van der Waals surface area (Å²) in [4.78, 5) is 25.9. The summed E-state index contributed by atoms with van der Waals surface area (Å²) in [6, 6.07) is 3.90. The normalized spacial score (nSPS) is 14.3. The molecule has 0 spiro atoms. The average molecular weight is 520 g/mol. The Morgan fingerprint density at radius 2 is 1.94 bits per heavy atom. The molecule has 10 nitrogen and oxygen atoms in total. The zero-order chi connectivity index (χ0) is 24.7. The number of hydrogen-bond acceptors (Lipinski definition) is 8. The summed E-state index contributed by atoms with van der Waals surface area (Å²) in [6.07, 6.45) is 4.09. The van der Waals surface area contributed by atoms with Gasteiger partial charge in [0.05, 0.1) is 16.6 Å². The lowest BCUT2D eigenvalue weighted by Gasteiger charge is -2.31. The molecule has 1 aliphatic rings. The van der Waals surface area contributed by atoms with E-state index >= 15 is 4.39 Å². The minimum atomic E-state index is -1.24. The van der Waals surface area contributed by atoms with Gasteiger partial charge in [0.1, 0.15) is 23.6 Å². The van der Waals surface area contributed by atoms with Crippen LogP contribution in [0.2, 0.25) is 0 Å². The summed E-state index contributed by atoms with van der Waals surface area (Å²) in [5, 5.41) is 15.9. The molecule has 0 unspecified atom stereocenters. The summed E-state index contributed by atoms with van der Waals surface area (Å²) in [7, 11) is 0. The first-order valence-corrected chi connectivity index (χ1v) is 11.2. The number of piperidine rings is 1. The molecule has 1 saturated heterocycles. The van der Waals surface area contributed by atoms with E-state index in [0.29, 0.717) is 43.4 Å². The van der Waals surface area contributed by atoms with Crippen LogP contribution < -0.4 is 10.2 Å². The van der Waals surface area contributed by atoms with Gasteiger partial charge in [-0.05, 0) is 31.0 Å². The van der Waals surface area contributed by atoms with Crippen LogP contribution in [-0.2, 0) is 0 Å². The van der Waals surface area contributed by atoms with E-state index in [4.69, 9.17) is 9.63 Å². The first kappa shape index (κ1) is 25.3. The van der Waals surface area contributed by atoms with Crippen molar-refractivity contribution in [3.05, 3.63) is 53.7 Å². The van der Waals surface area contributed by atoms with Crippen LogP contribution in [0.4, 0.5) is 26.3 Å². The predicted octanol–water partition coefficient (Wildman–Crippen LogP) is 4.92. The summed E-state index contributed by atoms with van der Waals surface area (Å²) in [5.74, 6) is -1.64. The van der Waals surface area contributed by atoms with E-state index in [9.17, 15) is 9.18 Å². The lowest BCUT2D eigenvalue weighted by Crippen LogP contribution is -2.34. The van der Waals surface area contributed by atoms with Gasteiger partial charge in [0.2, 0.25) is 0 Å². The van der Waals surface area contributed by atoms with E-state index in [2.05, 4.69) is 25.4 Å². The van der Waals surface area contributed by atoms with Crippen molar-refractivity contribution in [1.82, 2.24) is 24.7 Å². The zero-order valence-corrected chi connectivity index (χ0v) is 20.3. The number of fused-ring (bicyclic) bond motifs is 1. The maximum absolute atomic E-state index is 15.1. The van der Waals surface area contributed by atoms with Crippen LogP contribution in [0, 0.1) is 11.6 Å². The number of rotatable bonds is 6. The molecule has 0 aliphatic carbocycles. The molecule has 190 valence electrons. The topological polar surface area (TPSA) is 122 Å². The van der Waals surface area contributed by atoms with Crippen molar-refractivity contribution < 1.29 is 23.2 Å². The molecule has 4 aromatic rings. The predicted molar refractivity (Wildman–Crippen MR) is 130 cm³/mol. The van der Waals surface area contributed by atoms with E-state index in [0.717, 1.165) is 6.07 Å². The Hall–Kier alpha value is -3.80. The smallest absolute Gasteiger partial charge is 0.335 e. The summed E-state index contributed by atoms with van der Waals surface area (Å²) in [6.45, 7) is 5.31. The molecule has 1 aliphatic heterocycles. The highest BCUT2D eigenvalue weighted by Gasteiger charge is 2.27. The van der Waals surface area contributed by atoms with Crippen LogP contribution in [0.5, 0.6) is 0 Å². The van der Waals surface area contributed by atoms with Gasteiger partial charge < -0.3 is 24.4 Å². The SMILES string of the molecule is CC(C)c1noc(N2CCC(n3cc(F)c4c(Nc5ccc(C(=O)O)cc5F)ncnc43)CC2)n1.Cl. The third-order valence-corrected chi connectivity index (χ3v) is 6.11. The summed E-state index contributed by atoms with van der Waals surface area (Å²) in [5.41, 5.74) is 0.183. The third-order valence-electron chi connectivity index (χ3n) is 6.11. The van der Waals surface area contributed by atoms with Crippen molar-refractivity contribution in [3.63, 3.8) is 0 Å². The lowest BCUT2D eigenvalue weighted by atomic mass is 10.1. The first-order chi connectivity index (χ1) is 16.8. The molecule has 0 atom stereocenters. The van der Waals surface area contributed by atoms with Crippen LogP contribution in [0.15, 0.2) is 35.2 Å². The molecule has 3 aromatic heterocycles. The molecule has 0 radical (unpaired) electrons. The molecule has 0 saturated carbocycles. The molecular formula is C23H24ClF2N7O3. The van der Waals surface area contributed by atoms with Crippen molar-refractivity contribution in [2.24, 2.45) is 0 Å². The largest absolute Gasteiger partial charge is 0.478 e. The summed E-state index contributed by atoms with van der Waals surface area (Å²) >= 11 is 0. The Kier molecular flexibility index (Phi) is 7.07. The van der Waals surface area contributed by atoms with Gasteiger partial charge in [-0.2, -0.15) is 4.98 Å². The fraction of sp³-hybridized carbons (Fsp3) is 0.348. The molecule has 1 fully saturated rings. The fourth-order valence-electron chi connectivity index (χ4n) is 4.21. The fourth-order valence-corrected chi connectivity index (χ4v) is 4.21. The van der Waals surface area contributed by atoms with Crippen molar-refractivity contribution >= 4 is 46.9 Å². The number of aromatic carboxylic acids is 1. The molecule has 0 bridgehead atoms. The zero-order valence-electron chi connectivity index (χ0n) is 19.5. The maximum Gasteiger partial charge on any atom is 0.335 e. The number of carbonyl (C=O) groups is 1. The summed E-state index contributed by atoms with van der Waals surface area (Å²) < 4.78 is 36.7. The van der Waals surface area contributed by atoms with Crippen molar-refractivity contribution in [1.29, 1.82) is 0 Å². The van der Waals surface area contributed by atoms with Crippen LogP contribution >= 0.6 is 12.4 Å². The third kappa shape index (κ3) is 4.68. The highest BCUT2D eigenvalue weighted by molar-refractivity contribution is 5.91. The van der Waals surface area contributed by atoms with Gasteiger partial charge in [0, 0.05) is 31.2 Å². The van der Waals surface area contributed by atoms with E-state index in [1.807, 2.05) is 18.7 Å². The van der Waals surface area contributed by atoms with Gasteiger partial charge in [0.15, 0.2) is 11.6 Å². The minimum Gasteiger partial charge on any atom is -0.478 e. The standard InChI is InChI=1S/C23H23F2N7O3.ClH/c1-12(2)19-29-23(35-30-19)31-7-5-14(6-8-31)32-10-16(25)18-20(26-11-27-21(18)32)28-17-4-3-13(22(33)34)9-15(17)24;/h3-4,9-12,14H,5-8H2,1-2H3,(H,33,34)(H,26,27,28);1H. The van der Waals surface area contributed by atoms with Crippen molar-refractivity contribution in [2.45, 2.75) is 38.6 Å². The number of carboxylic acid groups (broad SMARTS) is 1. The van der Waals surface area contributed by atoms with Gasteiger partial charge >= 0.3 is 12.0 Å². The molecule has 13 heteroatoms. The second-order valence-corrected chi connectivity index (χ2v) is 8.74. The van der Waals surface area contributed by atoms with Crippen molar-refractivity contribution in [2.75, 3.05) is 23.3 Å². The number of benzene rings is 1. The second kappa shape index (κ2) is 10.1. The number of nitrogens with zero attached hydrogens (tertiary/aromatic N) is 6. The minimum absolute atomic E-state index is 0. The Labute approximate surface area is 210 Å². The van der Waals surface area contributed by atoms with Crippen LogP contribution in [0.3, 0.4) is 0 Å². The van der Waals surface area contributed by atoms with Gasteiger partial charge in [0.25, 0.3) is 0 Å². The number of hydrogen-bond donors (Lipinski definition) is 2. The van der Waals surface area contributed by atoms with Gasteiger partial charge in [-0.15, -0.1) is 12.4 Å². The van der Waals surface area contributed by atoms with Gasteiger partial charge in [-0.25, -0.2) is 23.5 Å². The van der Waals surface area contributed by atoms with Crippen LogP contribution in [0.25, 0.3) is 11.0 Å². The molecule has 0 amide bonds. The lowest BCUT2D eigenvalue weighted by molar-refractivity contribution is 0.0696. The highest BCUT2D eigenvalue weighted by Crippen LogP contribution is 2.33. The molecule has 2 N–H and O–H groups in total. The molecular weight excluding hydrogens is 496 g/mol. The van der Waals surface area contributed by atoms with Crippen LogP contribution in [-0.4, -0.2) is 48.8 Å². The van der Waals surface area contributed by atoms with Crippen LogP contribution in [0.1, 0.15) is 54.8 Å². The van der Waals surface area contributed by atoms with E-state index in [-0.39, 0.29) is 46.8 Å². The second-order valence-electron chi connectivity index (χ2n) is 8.74. The number of nitrogens with one attached hydrogen (secondary N) is 1. The first-order valence-electron chi connectivity index (χ1n) is 11.2. The Bertz CT molecular complexity index is 1400. The number of halogens is 3. The molecule has 5 rings (SSSR count). The Balaban J connectivity index is 0.00000304. The monoisotopic (exact) mass is 519 g/mol. The average Bonchev–Trinajstić information content (AvgIpc) is 3.46. The number of aromatic nitrogens is 5. The van der Waals surface area contributed by atoms with Crippen molar-refractivity contribution in [3.8, 4) is 0 Å². The molecule has 36 heavy (non-hydrogen) atoms. The quantitative estimate of drug-likeness (QED) is 0.365. The Morgan fingerprint density at radius 3 is 2.58 bits per heavy atom. The maximum atomic E-state index is 15.1. The Morgan fingerprint density at radius 1 is 1.19 bits per heavy atom. The van der Waals surface area contributed by atoms with E-state index in [1.54, 1.807) is 4.57 Å². The number of carboxylic acids is 1. The molecule has 1 aromatic carbocycles. The molecule has 4 heterocycles. The highest BCUT2D eigenvalue weighted by atomic mass is 35.5.